The molecular formula is C13H16N2O4S. The molecule has 1 aromatic rings. The number of aromatic nitrogens is 1. The highest BCUT2D eigenvalue weighted by Crippen LogP contribution is 2.40. The molecule has 0 saturated heterocycles. The zero-order chi connectivity index (χ0) is 14.4. The molecule has 3 heterocycles. The van der Waals surface area contributed by atoms with E-state index in [4.69, 9.17) is 4.18 Å². The molecule has 0 fully saturated rings. The first-order valence-electron chi connectivity index (χ1n) is 6.51. The lowest BCUT2D eigenvalue weighted by molar-refractivity contribution is -0.119. The average molecular weight is 296 g/mol. The van der Waals surface area contributed by atoms with Gasteiger partial charge < -0.3 is 0 Å². The minimum atomic E-state index is -1.38. The summed E-state index contributed by atoms with van der Waals surface area (Å²) in [5.74, 6) is 0.835. The Labute approximate surface area is 119 Å². The molecule has 0 aliphatic carbocycles. The van der Waals surface area contributed by atoms with Crippen LogP contribution in [0.15, 0.2) is 16.9 Å². The number of amides is 1. The van der Waals surface area contributed by atoms with E-state index in [9.17, 15) is 13.8 Å². The lowest BCUT2D eigenvalue weighted by atomic mass is 9.94. The SMILES string of the molecule is CC1CC(=O)N2CC(COS(C)=O)n3c2c1ccc3=O. The van der Waals surface area contributed by atoms with Crippen molar-refractivity contribution in [2.24, 2.45) is 0 Å². The van der Waals surface area contributed by atoms with Crippen LogP contribution in [0.4, 0.5) is 5.82 Å². The van der Waals surface area contributed by atoms with Crippen molar-refractivity contribution in [1.82, 2.24) is 4.57 Å². The van der Waals surface area contributed by atoms with E-state index in [1.807, 2.05) is 6.92 Å². The van der Waals surface area contributed by atoms with Crippen molar-refractivity contribution >= 4 is 22.8 Å². The molecule has 2 aliphatic heterocycles. The van der Waals surface area contributed by atoms with Gasteiger partial charge in [-0.3, -0.25) is 23.2 Å². The van der Waals surface area contributed by atoms with Crippen LogP contribution < -0.4 is 10.5 Å². The van der Waals surface area contributed by atoms with Crippen LogP contribution in [0, 0.1) is 0 Å². The van der Waals surface area contributed by atoms with Gasteiger partial charge in [0.1, 0.15) is 5.82 Å². The van der Waals surface area contributed by atoms with Gasteiger partial charge in [-0.15, -0.1) is 0 Å². The molecule has 0 N–H and O–H groups in total. The molecule has 1 aromatic heterocycles. The molecule has 3 rings (SSSR count). The van der Waals surface area contributed by atoms with E-state index < -0.39 is 11.1 Å². The predicted molar refractivity (Wildman–Crippen MR) is 75.1 cm³/mol. The topological polar surface area (TPSA) is 68.6 Å². The number of nitrogens with zero attached hydrogens (tertiary/aromatic N) is 2. The fourth-order valence-corrected chi connectivity index (χ4v) is 3.31. The van der Waals surface area contributed by atoms with Crippen molar-refractivity contribution in [1.29, 1.82) is 0 Å². The molecule has 0 radical (unpaired) electrons. The molecule has 1 amide bonds. The quantitative estimate of drug-likeness (QED) is 0.817. The van der Waals surface area contributed by atoms with E-state index in [1.54, 1.807) is 15.5 Å². The zero-order valence-corrected chi connectivity index (χ0v) is 12.2. The molecule has 0 spiro atoms. The molecule has 108 valence electrons. The second-order valence-electron chi connectivity index (χ2n) is 5.27. The highest BCUT2D eigenvalue weighted by Gasteiger charge is 2.39. The Morgan fingerprint density at radius 2 is 2.15 bits per heavy atom. The fraction of sp³-hybridized carbons (Fsp3) is 0.538. The first-order chi connectivity index (χ1) is 9.49. The Hall–Kier alpha value is -1.47. The van der Waals surface area contributed by atoms with Gasteiger partial charge in [0, 0.05) is 18.7 Å². The molecule has 0 bridgehead atoms. The summed E-state index contributed by atoms with van der Waals surface area (Å²) in [6.07, 6.45) is 1.90. The van der Waals surface area contributed by atoms with Crippen molar-refractivity contribution in [3.8, 4) is 0 Å². The molecule has 0 saturated carbocycles. The van der Waals surface area contributed by atoms with Gasteiger partial charge in [-0.1, -0.05) is 6.92 Å². The predicted octanol–water partition coefficient (Wildman–Crippen LogP) is 0.553. The summed E-state index contributed by atoms with van der Waals surface area (Å²) >= 11 is -1.38. The Morgan fingerprint density at radius 3 is 2.85 bits per heavy atom. The van der Waals surface area contributed by atoms with Gasteiger partial charge in [0.15, 0.2) is 11.1 Å². The number of hydrogen-bond acceptors (Lipinski definition) is 4. The largest absolute Gasteiger partial charge is 0.296 e. The number of carbonyl (C=O) groups excluding carboxylic acids is 1. The van der Waals surface area contributed by atoms with Crippen molar-refractivity contribution < 1.29 is 13.2 Å². The van der Waals surface area contributed by atoms with Crippen molar-refractivity contribution in [2.75, 3.05) is 24.3 Å². The van der Waals surface area contributed by atoms with E-state index >= 15 is 0 Å². The monoisotopic (exact) mass is 296 g/mol. The third-order valence-electron chi connectivity index (χ3n) is 3.88. The number of rotatable bonds is 3. The number of pyridine rings is 1. The van der Waals surface area contributed by atoms with Crippen LogP contribution in [0.5, 0.6) is 0 Å². The van der Waals surface area contributed by atoms with E-state index in [0.717, 1.165) is 5.56 Å². The van der Waals surface area contributed by atoms with E-state index in [1.165, 1.54) is 12.3 Å². The summed E-state index contributed by atoms with van der Waals surface area (Å²) in [7, 11) is 0. The summed E-state index contributed by atoms with van der Waals surface area (Å²) < 4.78 is 17.8. The van der Waals surface area contributed by atoms with Crippen molar-refractivity contribution in [3.63, 3.8) is 0 Å². The van der Waals surface area contributed by atoms with Crippen molar-refractivity contribution in [2.45, 2.75) is 25.3 Å². The van der Waals surface area contributed by atoms with E-state index in [-0.39, 0.29) is 30.0 Å². The minimum absolute atomic E-state index is 0.0319. The third-order valence-corrected chi connectivity index (χ3v) is 4.35. The first kappa shape index (κ1) is 13.5. The summed E-state index contributed by atoms with van der Waals surface area (Å²) in [5, 5.41) is 0. The minimum Gasteiger partial charge on any atom is -0.296 e. The van der Waals surface area contributed by atoms with Gasteiger partial charge in [-0.05, 0) is 17.5 Å². The lowest BCUT2D eigenvalue weighted by Gasteiger charge is -2.28. The molecular weight excluding hydrogens is 280 g/mol. The van der Waals surface area contributed by atoms with Gasteiger partial charge in [-0.25, -0.2) is 4.21 Å². The zero-order valence-electron chi connectivity index (χ0n) is 11.4. The van der Waals surface area contributed by atoms with Gasteiger partial charge in [0.2, 0.25) is 5.91 Å². The van der Waals surface area contributed by atoms with Crippen LogP contribution in [0.25, 0.3) is 0 Å². The van der Waals surface area contributed by atoms with Crippen LogP contribution in [0.3, 0.4) is 0 Å². The normalized spacial score (nSPS) is 25.7. The van der Waals surface area contributed by atoms with Crippen LogP contribution in [-0.2, 0) is 20.1 Å². The molecule has 20 heavy (non-hydrogen) atoms. The Bertz CT molecular complexity index is 654. The Balaban J connectivity index is 2.07. The third kappa shape index (κ3) is 2.01. The fourth-order valence-electron chi connectivity index (χ4n) is 2.97. The maximum atomic E-state index is 12.1. The van der Waals surface area contributed by atoms with Gasteiger partial charge in [-0.2, -0.15) is 0 Å². The molecule has 6 nitrogen and oxygen atoms in total. The average Bonchev–Trinajstić information content (AvgIpc) is 2.76. The summed E-state index contributed by atoms with van der Waals surface area (Å²) in [6, 6.07) is 3.07. The standard InChI is InChI=1S/C13H16N2O4S/c1-8-5-12(17)14-6-9(7-19-20(2)18)15-11(16)4-3-10(8)13(14)15/h3-4,8-9H,5-7H2,1-2H3. The number of anilines is 1. The smallest absolute Gasteiger partial charge is 0.252 e. The molecule has 2 aliphatic rings. The van der Waals surface area contributed by atoms with Crippen LogP contribution in [-0.4, -0.2) is 34.1 Å². The number of hydrogen-bond donors (Lipinski definition) is 0. The highest BCUT2D eigenvalue weighted by atomic mass is 32.2. The second-order valence-corrected chi connectivity index (χ2v) is 6.31. The molecule has 3 atom stereocenters. The first-order valence-corrected chi connectivity index (χ1v) is 8.00. The molecule has 0 aromatic carbocycles. The lowest BCUT2D eigenvalue weighted by Crippen LogP contribution is -2.35. The van der Waals surface area contributed by atoms with Gasteiger partial charge >= 0.3 is 0 Å². The van der Waals surface area contributed by atoms with E-state index in [2.05, 4.69) is 0 Å². The van der Waals surface area contributed by atoms with Gasteiger partial charge in [0.05, 0.1) is 19.2 Å². The number of carbonyl (C=O) groups is 1. The molecule has 3 unspecified atom stereocenters. The van der Waals surface area contributed by atoms with Crippen LogP contribution in [0.2, 0.25) is 0 Å². The van der Waals surface area contributed by atoms with Crippen molar-refractivity contribution in [3.05, 3.63) is 28.0 Å². The maximum absolute atomic E-state index is 12.1. The van der Waals surface area contributed by atoms with Gasteiger partial charge in [0.25, 0.3) is 5.56 Å². The van der Waals surface area contributed by atoms with Crippen LogP contribution in [0.1, 0.15) is 30.9 Å². The summed E-state index contributed by atoms with van der Waals surface area (Å²) in [6.45, 7) is 2.56. The maximum Gasteiger partial charge on any atom is 0.252 e. The summed E-state index contributed by atoms with van der Waals surface area (Å²) in [4.78, 5) is 25.9. The Morgan fingerprint density at radius 1 is 1.40 bits per heavy atom. The highest BCUT2D eigenvalue weighted by molar-refractivity contribution is 7.79. The van der Waals surface area contributed by atoms with E-state index in [0.29, 0.717) is 18.8 Å². The van der Waals surface area contributed by atoms with Crippen LogP contribution >= 0.6 is 0 Å². The summed E-state index contributed by atoms with van der Waals surface area (Å²) in [5.41, 5.74) is 0.868. The second kappa shape index (κ2) is 4.82. The Kier molecular flexibility index (Phi) is 3.25. The molecule has 7 heteroatoms.